The monoisotopic (exact) mass is 597 g/mol. The van der Waals surface area contributed by atoms with Crippen LogP contribution in [0, 0.1) is 27.7 Å². The first-order valence-corrected chi connectivity index (χ1v) is 22.7. The summed E-state index contributed by atoms with van der Waals surface area (Å²) >= 11 is -2.98. The van der Waals surface area contributed by atoms with E-state index in [1.54, 1.807) is 22.3 Å². The molecule has 0 saturated carbocycles. The first-order valence-electron chi connectivity index (χ1n) is 12.2. The van der Waals surface area contributed by atoms with Gasteiger partial charge in [-0.3, -0.25) is 0 Å². The van der Waals surface area contributed by atoms with Crippen LogP contribution < -0.4 is 0 Å². The molecule has 2 aliphatic rings. The van der Waals surface area contributed by atoms with Gasteiger partial charge in [-0.25, -0.2) is 0 Å². The van der Waals surface area contributed by atoms with Gasteiger partial charge in [-0.05, 0) is 0 Å². The van der Waals surface area contributed by atoms with Crippen molar-refractivity contribution >= 4 is 43.8 Å². The van der Waals surface area contributed by atoms with Crippen molar-refractivity contribution in [3.63, 3.8) is 0 Å². The van der Waals surface area contributed by atoms with Gasteiger partial charge < -0.3 is 0 Å². The number of benzene rings is 3. The second-order valence-corrected chi connectivity index (χ2v) is 28.3. The second-order valence-electron chi connectivity index (χ2n) is 10.7. The van der Waals surface area contributed by atoms with Crippen LogP contribution in [0.1, 0.15) is 71.2 Å². The molecule has 0 fully saturated rings. The van der Waals surface area contributed by atoms with E-state index in [9.17, 15) is 0 Å². The number of allylic oxidation sites excluding steroid dienone is 2. The molecule has 0 aliphatic heterocycles. The number of halogens is 2. The molecule has 0 spiro atoms. The van der Waals surface area contributed by atoms with Gasteiger partial charge in [-0.1, -0.05) is 0 Å². The standard InChI is InChI=1S/2C12H13.C7H7.2ClH.H2Si.Zr/c2*1-8-4-10(3)12-7-9(2)6-11(12)5-8;1-7-5-3-2-4-6-7;;;;/h2*4-7H,1-3H3;2-6H,1H2;2*1H;1H2;. The van der Waals surface area contributed by atoms with Crippen molar-refractivity contribution in [2.75, 3.05) is 0 Å². The first-order chi connectivity index (χ1) is 15.7. The maximum Gasteiger partial charge on any atom is -0.147 e. The average Bonchev–Trinajstić information content (AvgIpc) is 3.25. The van der Waals surface area contributed by atoms with Gasteiger partial charge in [0, 0.05) is 0 Å². The van der Waals surface area contributed by atoms with E-state index in [4.69, 9.17) is 0 Å². The quantitative estimate of drug-likeness (QED) is 0.265. The van der Waals surface area contributed by atoms with Crippen LogP contribution in [0.2, 0.25) is 0 Å². The third-order valence-electron chi connectivity index (χ3n) is 7.93. The minimum absolute atomic E-state index is 0. The topological polar surface area (TPSA) is 0 Å². The summed E-state index contributed by atoms with van der Waals surface area (Å²) in [5.74, 6) is 0. The zero-order valence-corrected chi connectivity index (χ0v) is 27.2. The summed E-state index contributed by atoms with van der Waals surface area (Å²) in [5, 5.41) is 0. The van der Waals surface area contributed by atoms with Gasteiger partial charge in [0.25, 0.3) is 0 Å². The van der Waals surface area contributed by atoms with Gasteiger partial charge in [0.1, 0.15) is 0 Å². The zero-order valence-electron chi connectivity index (χ0n) is 21.7. The number of fused-ring (bicyclic) bond motifs is 2. The van der Waals surface area contributed by atoms with Crippen LogP contribution in [0.4, 0.5) is 0 Å². The Morgan fingerprint density at radius 3 is 1.51 bits per heavy atom. The number of aryl methyl sites for hydroxylation is 4. The van der Waals surface area contributed by atoms with Crippen molar-refractivity contribution in [1.29, 1.82) is 0 Å². The maximum atomic E-state index is 2.52. The Morgan fingerprint density at radius 2 is 1.09 bits per heavy atom. The summed E-state index contributed by atoms with van der Waals surface area (Å²) in [4.78, 5) is 0. The van der Waals surface area contributed by atoms with Crippen LogP contribution in [0.3, 0.4) is 0 Å². The molecule has 3 aromatic carbocycles. The molecular weight excluding hydrogens is 563 g/mol. The summed E-state index contributed by atoms with van der Waals surface area (Å²) in [6.07, 6.45) is 5.05. The first kappa shape index (κ1) is 28.4. The van der Waals surface area contributed by atoms with Crippen LogP contribution in [0.15, 0.2) is 65.7 Å². The van der Waals surface area contributed by atoms with Crippen molar-refractivity contribution in [1.82, 2.24) is 0 Å². The van der Waals surface area contributed by atoms with Gasteiger partial charge >= 0.3 is 207 Å². The zero-order chi connectivity index (χ0) is 23.5. The third kappa shape index (κ3) is 4.89. The normalized spacial score (nSPS) is 19.5. The molecule has 0 radical (unpaired) electrons. The second kappa shape index (κ2) is 10.7. The minimum Gasteiger partial charge on any atom is -0.147 e. The molecule has 4 heteroatoms. The molecule has 5 rings (SSSR count). The molecule has 2 aliphatic carbocycles. The van der Waals surface area contributed by atoms with Crippen molar-refractivity contribution in [2.24, 2.45) is 0 Å². The van der Waals surface area contributed by atoms with Gasteiger partial charge in [-0.15, -0.1) is 24.8 Å². The summed E-state index contributed by atoms with van der Waals surface area (Å²) in [7, 11) is 0. The van der Waals surface area contributed by atoms with Crippen LogP contribution in [-0.2, 0) is 23.0 Å². The Kier molecular flexibility index (Phi) is 8.65. The predicted molar refractivity (Wildman–Crippen MR) is 158 cm³/mol. The van der Waals surface area contributed by atoms with Gasteiger partial charge in [0.2, 0.25) is 0 Å². The smallest absolute Gasteiger partial charge is 0.147 e. The van der Waals surface area contributed by atoms with E-state index >= 15 is 0 Å². The van der Waals surface area contributed by atoms with Crippen LogP contribution in [0.5, 0.6) is 0 Å². The van der Waals surface area contributed by atoms with Crippen LogP contribution >= 0.6 is 24.8 Å². The van der Waals surface area contributed by atoms with Crippen LogP contribution in [-0.4, -0.2) is 6.88 Å². The van der Waals surface area contributed by atoms with E-state index in [1.165, 1.54) is 43.1 Å². The van der Waals surface area contributed by atoms with E-state index in [-0.39, 0.29) is 24.8 Å². The Balaban J connectivity index is 0.00000171. The fourth-order valence-corrected chi connectivity index (χ4v) is 28.4. The fourth-order valence-electron chi connectivity index (χ4n) is 6.88. The SMILES string of the molecule is CC1=Cc2c(C)cc(C)cc2[CH]1[Zr](=[SiH2])([CH2]c1ccccc1)[CH]1C(C)=Cc2c(C)cc(C)cc21.Cl.Cl. The Morgan fingerprint density at radius 1 is 0.657 bits per heavy atom. The van der Waals surface area contributed by atoms with E-state index < -0.39 is 18.9 Å². The summed E-state index contributed by atoms with van der Waals surface area (Å²) in [5.41, 5.74) is 16.7. The summed E-state index contributed by atoms with van der Waals surface area (Å²) in [6.45, 7) is 16.5. The molecule has 183 valence electrons. The molecule has 2 atom stereocenters. The Bertz CT molecular complexity index is 1300. The molecule has 0 bridgehead atoms. The van der Waals surface area contributed by atoms with E-state index in [2.05, 4.69) is 115 Å². The van der Waals surface area contributed by atoms with Crippen molar-refractivity contribution in [2.45, 2.75) is 52.9 Å². The number of rotatable bonds is 4. The van der Waals surface area contributed by atoms with Crippen molar-refractivity contribution in [3.05, 3.63) is 116 Å². The molecule has 35 heavy (non-hydrogen) atoms. The van der Waals surface area contributed by atoms with Crippen molar-refractivity contribution < 1.29 is 18.9 Å². The van der Waals surface area contributed by atoms with Gasteiger partial charge in [-0.2, -0.15) is 0 Å². The maximum absolute atomic E-state index is 2.98. The molecule has 0 N–H and O–H groups in total. The molecule has 2 unspecified atom stereocenters. The molecule has 0 nitrogen and oxygen atoms in total. The van der Waals surface area contributed by atoms with E-state index in [0.29, 0.717) is 7.25 Å². The number of hydrogen-bond acceptors (Lipinski definition) is 0. The fraction of sp³-hybridized carbons (Fsp3) is 0.290. The molecule has 0 heterocycles. The third-order valence-corrected chi connectivity index (χ3v) is 26.3. The van der Waals surface area contributed by atoms with Gasteiger partial charge in [0.05, 0.1) is 0 Å². The summed E-state index contributed by atoms with van der Waals surface area (Å²) < 4.78 is 2.51. The number of hydrogen-bond donors (Lipinski definition) is 0. The van der Waals surface area contributed by atoms with Crippen LogP contribution in [0.25, 0.3) is 12.2 Å². The van der Waals surface area contributed by atoms with E-state index in [1.807, 2.05) is 0 Å². The van der Waals surface area contributed by atoms with E-state index in [0.717, 1.165) is 0 Å². The molecular formula is C31H37Cl2SiZr. The Hall–Kier alpha value is -1.18. The average molecular weight is 600 g/mol. The molecule has 0 saturated heterocycles. The minimum atomic E-state index is -2.98. The summed E-state index contributed by atoms with van der Waals surface area (Å²) in [6, 6.07) is 21.1. The largest absolute Gasteiger partial charge is 0.147 e. The molecule has 3 aromatic rings. The van der Waals surface area contributed by atoms with Crippen molar-refractivity contribution in [3.8, 4) is 0 Å². The molecule has 0 amide bonds. The Labute approximate surface area is 229 Å². The predicted octanol–water partition coefficient (Wildman–Crippen LogP) is 8.28. The van der Waals surface area contributed by atoms with Gasteiger partial charge in [0.15, 0.2) is 0 Å². The molecule has 0 aromatic heterocycles.